The van der Waals surface area contributed by atoms with Crippen molar-refractivity contribution in [2.24, 2.45) is 0 Å². The highest BCUT2D eigenvalue weighted by Gasteiger charge is 2.33. The van der Waals surface area contributed by atoms with Gasteiger partial charge in [0, 0.05) is 26.2 Å². The highest BCUT2D eigenvalue weighted by Crippen LogP contribution is 2.24. The molecule has 0 N–H and O–H groups in total. The Morgan fingerprint density at radius 1 is 1.20 bits per heavy atom. The Hall–Kier alpha value is -2.29. The molecule has 1 heterocycles. The molecule has 1 atom stereocenters. The van der Waals surface area contributed by atoms with Crippen molar-refractivity contribution in [3.8, 4) is 5.75 Å². The first-order chi connectivity index (χ1) is 11.8. The number of nitrogens with zero attached hydrogens (tertiary/aromatic N) is 3. The molecule has 2 amide bonds. The van der Waals surface area contributed by atoms with E-state index in [0.29, 0.717) is 37.6 Å². The maximum absolute atomic E-state index is 12.8. The summed E-state index contributed by atoms with van der Waals surface area (Å²) in [6.07, 6.45) is 1.83. The predicted octanol–water partition coefficient (Wildman–Crippen LogP) is 0.150. The second-order valence-electron chi connectivity index (χ2n) is 5.90. The fourth-order valence-electron chi connectivity index (χ4n) is 2.84. The number of hydrogen-bond donors (Lipinski definition) is 0. The lowest BCUT2D eigenvalue weighted by Crippen LogP contribution is -2.55. The average molecular weight is 369 g/mol. The van der Waals surface area contributed by atoms with Crippen LogP contribution in [0.4, 0.5) is 5.69 Å². The third-order valence-corrected chi connectivity index (χ3v) is 5.41. The van der Waals surface area contributed by atoms with Crippen LogP contribution in [-0.4, -0.2) is 76.1 Å². The van der Waals surface area contributed by atoms with Gasteiger partial charge < -0.3 is 14.5 Å². The fourth-order valence-corrected chi connectivity index (χ4v) is 4.01. The van der Waals surface area contributed by atoms with Crippen molar-refractivity contribution in [2.75, 3.05) is 43.8 Å². The molecule has 9 heteroatoms. The number of carbonyl (C=O) groups is 2. The van der Waals surface area contributed by atoms with Gasteiger partial charge in [-0.15, -0.1) is 0 Å². The van der Waals surface area contributed by atoms with Crippen LogP contribution < -0.4 is 9.04 Å². The van der Waals surface area contributed by atoms with Gasteiger partial charge in [0.1, 0.15) is 11.8 Å². The van der Waals surface area contributed by atoms with Crippen LogP contribution in [0.3, 0.4) is 0 Å². The first-order valence-electron chi connectivity index (χ1n) is 7.89. The quantitative estimate of drug-likeness (QED) is 0.666. The standard InChI is InChI=1S/C16H23N3O5S/c1-13(16(21)18-10-8-17(12-20)9-11-18)19(25(3,22)23)14-4-6-15(24-2)7-5-14/h4-7,12-13H,8-11H2,1-3H3/t13-/m0/s1. The molecule has 1 aliphatic rings. The van der Waals surface area contributed by atoms with Gasteiger partial charge in [0.25, 0.3) is 0 Å². The normalized spacial score (nSPS) is 16.3. The minimum Gasteiger partial charge on any atom is -0.497 e. The molecule has 0 unspecified atom stereocenters. The van der Waals surface area contributed by atoms with Crippen LogP contribution in [0, 0.1) is 0 Å². The Morgan fingerprint density at radius 2 is 1.76 bits per heavy atom. The number of ether oxygens (including phenoxy) is 1. The molecule has 8 nitrogen and oxygen atoms in total. The average Bonchev–Trinajstić information content (AvgIpc) is 2.60. The second-order valence-corrected chi connectivity index (χ2v) is 7.76. The molecule has 1 aromatic rings. The number of carbonyl (C=O) groups excluding carboxylic acids is 2. The molecule has 0 saturated carbocycles. The van der Waals surface area contributed by atoms with E-state index in [1.807, 2.05) is 0 Å². The predicted molar refractivity (Wildman–Crippen MR) is 94.0 cm³/mol. The Kier molecular flexibility index (Phi) is 5.89. The third-order valence-electron chi connectivity index (χ3n) is 4.17. The molecular formula is C16H23N3O5S. The lowest BCUT2D eigenvalue weighted by molar-refractivity contribution is -0.135. The molecule has 0 spiro atoms. The number of benzene rings is 1. The van der Waals surface area contributed by atoms with Crippen LogP contribution in [0.2, 0.25) is 0 Å². The van der Waals surface area contributed by atoms with E-state index in [-0.39, 0.29) is 5.91 Å². The van der Waals surface area contributed by atoms with E-state index in [2.05, 4.69) is 0 Å². The van der Waals surface area contributed by atoms with Gasteiger partial charge >= 0.3 is 0 Å². The van der Waals surface area contributed by atoms with Crippen LogP contribution in [0.5, 0.6) is 5.75 Å². The first kappa shape index (κ1) is 19.0. The molecule has 138 valence electrons. The summed E-state index contributed by atoms with van der Waals surface area (Å²) in [7, 11) is -2.14. The van der Waals surface area contributed by atoms with Gasteiger partial charge in [-0.05, 0) is 31.2 Å². The van der Waals surface area contributed by atoms with Crippen LogP contribution in [-0.2, 0) is 19.6 Å². The van der Waals surface area contributed by atoms with E-state index in [4.69, 9.17) is 4.74 Å². The molecule has 1 aromatic carbocycles. The van der Waals surface area contributed by atoms with E-state index in [0.717, 1.165) is 17.0 Å². The molecule has 1 fully saturated rings. The Morgan fingerprint density at radius 3 is 2.20 bits per heavy atom. The van der Waals surface area contributed by atoms with Crippen molar-refractivity contribution in [3.05, 3.63) is 24.3 Å². The van der Waals surface area contributed by atoms with E-state index in [9.17, 15) is 18.0 Å². The lowest BCUT2D eigenvalue weighted by Gasteiger charge is -2.36. The Bertz CT molecular complexity index is 712. The summed E-state index contributed by atoms with van der Waals surface area (Å²) < 4.78 is 30.8. The second kappa shape index (κ2) is 7.73. The van der Waals surface area contributed by atoms with Crippen molar-refractivity contribution in [1.29, 1.82) is 0 Å². The summed E-state index contributed by atoms with van der Waals surface area (Å²) in [4.78, 5) is 26.7. The fraction of sp³-hybridized carbons (Fsp3) is 0.500. The van der Waals surface area contributed by atoms with E-state index >= 15 is 0 Å². The number of rotatable bonds is 6. The highest BCUT2D eigenvalue weighted by molar-refractivity contribution is 7.92. The van der Waals surface area contributed by atoms with Crippen molar-refractivity contribution in [2.45, 2.75) is 13.0 Å². The van der Waals surface area contributed by atoms with Gasteiger partial charge in [-0.3, -0.25) is 13.9 Å². The van der Waals surface area contributed by atoms with Gasteiger partial charge in [-0.1, -0.05) is 0 Å². The van der Waals surface area contributed by atoms with Crippen molar-refractivity contribution in [1.82, 2.24) is 9.80 Å². The number of amides is 2. The van der Waals surface area contributed by atoms with Gasteiger partial charge in [-0.25, -0.2) is 8.42 Å². The summed E-state index contributed by atoms with van der Waals surface area (Å²) >= 11 is 0. The van der Waals surface area contributed by atoms with Crippen LogP contribution in [0.25, 0.3) is 0 Å². The van der Waals surface area contributed by atoms with Crippen molar-refractivity contribution >= 4 is 28.0 Å². The number of sulfonamides is 1. The molecule has 1 aliphatic heterocycles. The zero-order valence-corrected chi connectivity index (χ0v) is 15.4. The number of anilines is 1. The van der Waals surface area contributed by atoms with Gasteiger partial charge in [0.2, 0.25) is 22.3 Å². The smallest absolute Gasteiger partial charge is 0.246 e. The SMILES string of the molecule is COc1ccc(N([C@@H](C)C(=O)N2CCN(C=O)CC2)S(C)(=O)=O)cc1. The highest BCUT2D eigenvalue weighted by atomic mass is 32.2. The molecule has 0 aromatic heterocycles. The first-order valence-corrected chi connectivity index (χ1v) is 9.74. The minimum absolute atomic E-state index is 0.285. The van der Waals surface area contributed by atoms with Gasteiger partial charge in [-0.2, -0.15) is 0 Å². The Balaban J connectivity index is 2.22. The lowest BCUT2D eigenvalue weighted by atomic mass is 10.2. The zero-order valence-electron chi connectivity index (χ0n) is 14.6. The van der Waals surface area contributed by atoms with Crippen molar-refractivity contribution in [3.63, 3.8) is 0 Å². The van der Waals surface area contributed by atoms with Crippen LogP contribution in [0.1, 0.15) is 6.92 Å². The van der Waals surface area contributed by atoms with Crippen molar-refractivity contribution < 1.29 is 22.7 Å². The largest absolute Gasteiger partial charge is 0.497 e. The minimum atomic E-state index is -3.66. The van der Waals surface area contributed by atoms with E-state index < -0.39 is 16.1 Å². The molecule has 2 rings (SSSR count). The summed E-state index contributed by atoms with van der Waals surface area (Å²) in [5, 5.41) is 0. The topological polar surface area (TPSA) is 87.2 Å². The molecule has 0 aliphatic carbocycles. The third kappa shape index (κ3) is 4.41. The molecule has 25 heavy (non-hydrogen) atoms. The summed E-state index contributed by atoms with van der Waals surface area (Å²) in [5.74, 6) is 0.313. The summed E-state index contributed by atoms with van der Waals surface area (Å²) in [6.45, 7) is 3.25. The van der Waals surface area contributed by atoms with E-state index in [1.165, 1.54) is 7.11 Å². The number of piperazine rings is 1. The maximum Gasteiger partial charge on any atom is 0.246 e. The summed E-state index contributed by atoms with van der Waals surface area (Å²) in [6, 6.07) is 5.62. The molecular weight excluding hydrogens is 346 g/mol. The maximum atomic E-state index is 12.8. The van der Waals surface area contributed by atoms with Gasteiger partial charge in [0.05, 0.1) is 19.1 Å². The van der Waals surface area contributed by atoms with E-state index in [1.54, 1.807) is 41.0 Å². The van der Waals surface area contributed by atoms with Gasteiger partial charge in [0.15, 0.2) is 0 Å². The number of hydrogen-bond acceptors (Lipinski definition) is 5. The summed E-state index contributed by atoms with van der Waals surface area (Å²) in [5.41, 5.74) is 0.399. The monoisotopic (exact) mass is 369 g/mol. The molecule has 1 saturated heterocycles. The Labute approximate surface area is 148 Å². The van der Waals surface area contributed by atoms with Crippen LogP contribution >= 0.6 is 0 Å². The van der Waals surface area contributed by atoms with Crippen LogP contribution in [0.15, 0.2) is 24.3 Å². The number of methoxy groups -OCH3 is 1. The molecule has 0 radical (unpaired) electrons. The zero-order chi connectivity index (χ0) is 18.6. The molecule has 0 bridgehead atoms.